The van der Waals surface area contributed by atoms with Crippen LogP contribution in [0.4, 0.5) is 0 Å². The molecule has 5 nitrogen and oxygen atoms in total. The molecule has 0 saturated heterocycles. The molecule has 0 fully saturated rings. The molecule has 0 atom stereocenters. The van der Waals surface area contributed by atoms with Crippen molar-refractivity contribution >= 4 is 11.6 Å². The lowest BCUT2D eigenvalue weighted by molar-refractivity contribution is 0.472. The molecule has 1 heterocycles. The van der Waals surface area contributed by atoms with E-state index in [1.165, 1.54) is 13.2 Å². The molecule has 96 valence electrons. The van der Waals surface area contributed by atoms with E-state index in [-0.39, 0.29) is 10.8 Å². The molecule has 0 amide bonds. The first-order valence-electron chi connectivity index (χ1n) is 5.43. The molecule has 0 aliphatic carbocycles. The third kappa shape index (κ3) is 2.59. The van der Waals surface area contributed by atoms with Crippen molar-refractivity contribution in [3.63, 3.8) is 0 Å². The third-order valence-corrected chi connectivity index (χ3v) is 2.94. The first kappa shape index (κ1) is 13.1. The van der Waals surface area contributed by atoms with E-state index >= 15 is 0 Å². The van der Waals surface area contributed by atoms with Crippen LogP contribution < -0.4 is 10.3 Å². The second kappa shape index (κ2) is 5.12. The van der Waals surface area contributed by atoms with Crippen molar-refractivity contribution in [3.05, 3.63) is 50.9 Å². The molecule has 2 rings (SSSR count). The molecule has 0 radical (unpaired) electrons. The van der Waals surface area contributed by atoms with Crippen molar-refractivity contribution in [1.29, 1.82) is 5.26 Å². The zero-order chi connectivity index (χ0) is 14.0. The Labute approximate surface area is 114 Å². The highest BCUT2D eigenvalue weighted by atomic mass is 35.5. The van der Waals surface area contributed by atoms with Gasteiger partial charge < -0.3 is 4.74 Å². The fourth-order valence-electron chi connectivity index (χ4n) is 1.52. The molecular weight excluding hydrogens is 266 g/mol. The highest BCUT2D eigenvalue weighted by Crippen LogP contribution is 2.26. The number of aryl methyl sites for hydroxylation is 2. The lowest BCUT2D eigenvalue weighted by atomic mass is 10.1. The van der Waals surface area contributed by atoms with Crippen LogP contribution in [0.3, 0.4) is 0 Å². The second-order valence-electron chi connectivity index (χ2n) is 3.94. The summed E-state index contributed by atoms with van der Waals surface area (Å²) in [6.07, 6.45) is 1.37. The zero-order valence-corrected chi connectivity index (χ0v) is 11.1. The van der Waals surface area contributed by atoms with Crippen molar-refractivity contribution in [1.82, 2.24) is 9.78 Å². The SMILES string of the molecule is Cc1cc(Oc2cnn(C)c(=O)c2Cl)ccc1C#N. The Morgan fingerprint density at radius 3 is 2.84 bits per heavy atom. The second-order valence-corrected chi connectivity index (χ2v) is 4.32. The predicted octanol–water partition coefficient (Wildman–Crippen LogP) is 2.41. The highest BCUT2D eigenvalue weighted by Gasteiger charge is 2.10. The molecule has 0 saturated carbocycles. The van der Waals surface area contributed by atoms with Crippen LogP contribution in [-0.4, -0.2) is 9.78 Å². The predicted molar refractivity (Wildman–Crippen MR) is 70.5 cm³/mol. The smallest absolute Gasteiger partial charge is 0.289 e. The lowest BCUT2D eigenvalue weighted by Gasteiger charge is -2.08. The summed E-state index contributed by atoms with van der Waals surface area (Å²) in [5.41, 5.74) is 0.929. The average molecular weight is 276 g/mol. The van der Waals surface area contributed by atoms with Gasteiger partial charge in [0.05, 0.1) is 17.8 Å². The Balaban J connectivity index is 2.37. The topological polar surface area (TPSA) is 67.9 Å². The van der Waals surface area contributed by atoms with Crippen molar-refractivity contribution in [2.75, 3.05) is 0 Å². The number of aromatic nitrogens is 2. The minimum Gasteiger partial charge on any atom is -0.454 e. The first-order valence-corrected chi connectivity index (χ1v) is 5.81. The fourth-order valence-corrected chi connectivity index (χ4v) is 1.73. The van der Waals surface area contributed by atoms with Crippen LogP contribution in [0.5, 0.6) is 11.5 Å². The molecule has 0 N–H and O–H groups in total. The molecule has 6 heteroatoms. The molecule has 2 aromatic rings. The Morgan fingerprint density at radius 2 is 2.21 bits per heavy atom. The monoisotopic (exact) mass is 275 g/mol. The summed E-state index contributed by atoms with van der Waals surface area (Å²) in [7, 11) is 1.50. The summed E-state index contributed by atoms with van der Waals surface area (Å²) in [4.78, 5) is 11.6. The van der Waals surface area contributed by atoms with E-state index in [0.29, 0.717) is 11.3 Å². The van der Waals surface area contributed by atoms with Crippen LogP contribution in [-0.2, 0) is 7.05 Å². The van der Waals surface area contributed by atoms with Gasteiger partial charge in [-0.1, -0.05) is 11.6 Å². The molecular formula is C13H10ClN3O2. The van der Waals surface area contributed by atoms with E-state index in [0.717, 1.165) is 10.2 Å². The number of nitrogens with zero attached hydrogens (tertiary/aromatic N) is 3. The maximum Gasteiger partial charge on any atom is 0.289 e. The largest absolute Gasteiger partial charge is 0.454 e. The van der Waals surface area contributed by atoms with E-state index in [1.54, 1.807) is 25.1 Å². The Morgan fingerprint density at radius 1 is 1.47 bits per heavy atom. The van der Waals surface area contributed by atoms with E-state index in [2.05, 4.69) is 11.2 Å². The van der Waals surface area contributed by atoms with Crippen LogP contribution in [0.1, 0.15) is 11.1 Å². The summed E-state index contributed by atoms with van der Waals surface area (Å²) >= 11 is 5.90. The van der Waals surface area contributed by atoms with E-state index in [9.17, 15) is 4.79 Å². The number of nitriles is 1. The van der Waals surface area contributed by atoms with Crippen LogP contribution in [0.15, 0.2) is 29.2 Å². The van der Waals surface area contributed by atoms with Crippen LogP contribution in [0.2, 0.25) is 5.02 Å². The lowest BCUT2D eigenvalue weighted by Crippen LogP contribution is -2.19. The van der Waals surface area contributed by atoms with Gasteiger partial charge >= 0.3 is 0 Å². The summed E-state index contributed by atoms with van der Waals surface area (Å²) in [5, 5.41) is 12.7. The molecule has 0 unspecified atom stereocenters. The van der Waals surface area contributed by atoms with Gasteiger partial charge in [0.25, 0.3) is 5.56 Å². The quantitative estimate of drug-likeness (QED) is 0.844. The maximum absolute atomic E-state index is 11.6. The molecule has 0 aliphatic heterocycles. The Kier molecular flexibility index (Phi) is 3.54. The van der Waals surface area contributed by atoms with Gasteiger partial charge in [0.15, 0.2) is 10.8 Å². The molecule has 0 spiro atoms. The number of hydrogen-bond acceptors (Lipinski definition) is 4. The molecule has 1 aromatic heterocycles. The summed E-state index contributed by atoms with van der Waals surface area (Å²) < 4.78 is 6.63. The van der Waals surface area contributed by atoms with Gasteiger partial charge in [0.2, 0.25) is 0 Å². The van der Waals surface area contributed by atoms with Gasteiger partial charge in [-0.25, -0.2) is 4.68 Å². The van der Waals surface area contributed by atoms with Crippen LogP contribution in [0.25, 0.3) is 0 Å². The van der Waals surface area contributed by atoms with E-state index in [1.807, 2.05) is 0 Å². The number of halogens is 1. The number of ether oxygens (including phenoxy) is 1. The van der Waals surface area contributed by atoms with Crippen molar-refractivity contribution in [2.45, 2.75) is 6.92 Å². The fraction of sp³-hybridized carbons (Fsp3) is 0.154. The maximum atomic E-state index is 11.6. The van der Waals surface area contributed by atoms with Gasteiger partial charge in [0, 0.05) is 7.05 Å². The van der Waals surface area contributed by atoms with Gasteiger partial charge in [-0.3, -0.25) is 4.79 Å². The summed E-state index contributed by atoms with van der Waals surface area (Å²) in [6, 6.07) is 7.05. The Bertz CT molecular complexity index is 732. The third-order valence-electron chi connectivity index (χ3n) is 2.59. The molecule has 1 aromatic carbocycles. The number of rotatable bonds is 2. The van der Waals surface area contributed by atoms with Gasteiger partial charge in [-0.15, -0.1) is 0 Å². The molecule has 0 aliphatic rings. The van der Waals surface area contributed by atoms with Gasteiger partial charge in [0.1, 0.15) is 5.75 Å². The van der Waals surface area contributed by atoms with E-state index in [4.69, 9.17) is 21.6 Å². The summed E-state index contributed by atoms with van der Waals surface area (Å²) in [6.45, 7) is 1.80. The van der Waals surface area contributed by atoms with E-state index < -0.39 is 5.56 Å². The minimum atomic E-state index is -0.426. The average Bonchev–Trinajstić information content (AvgIpc) is 2.40. The van der Waals surface area contributed by atoms with Crippen molar-refractivity contribution < 1.29 is 4.74 Å². The number of hydrogen-bond donors (Lipinski definition) is 0. The van der Waals surface area contributed by atoms with Crippen LogP contribution >= 0.6 is 11.6 Å². The molecule has 19 heavy (non-hydrogen) atoms. The standard InChI is InChI=1S/C13H10ClN3O2/c1-8-5-10(4-3-9(8)6-15)19-11-7-16-17(2)13(18)12(11)14/h3-5,7H,1-2H3. The summed E-state index contributed by atoms with van der Waals surface area (Å²) in [5.74, 6) is 0.683. The van der Waals surface area contributed by atoms with Gasteiger partial charge in [-0.2, -0.15) is 10.4 Å². The van der Waals surface area contributed by atoms with Crippen molar-refractivity contribution in [2.24, 2.45) is 7.05 Å². The van der Waals surface area contributed by atoms with Crippen LogP contribution in [0, 0.1) is 18.3 Å². The number of benzene rings is 1. The first-order chi connectivity index (χ1) is 9.02. The van der Waals surface area contributed by atoms with Gasteiger partial charge in [-0.05, 0) is 30.7 Å². The Hall–Kier alpha value is -2.32. The van der Waals surface area contributed by atoms with Crippen molar-refractivity contribution in [3.8, 4) is 17.6 Å². The highest BCUT2D eigenvalue weighted by molar-refractivity contribution is 6.31. The molecule has 0 bridgehead atoms. The minimum absolute atomic E-state index is 0.0282. The zero-order valence-electron chi connectivity index (χ0n) is 10.3. The normalized spacial score (nSPS) is 10.0.